The number of ether oxygens (including phenoxy) is 3. The number of nitrogens with one attached hydrogen (secondary N) is 1. The SMILES string of the molecule is CCCCOc1cc(OCCCN(CC)CC)ccc1NC(=O)c1cc(-c2ccc(Oc3ccc(Cl)cc3)cc2)nn1C. The van der Waals surface area contributed by atoms with Crippen molar-refractivity contribution in [1.82, 2.24) is 14.7 Å². The number of unbranched alkanes of at least 4 members (excludes halogenated alkanes) is 1. The van der Waals surface area contributed by atoms with Crippen molar-refractivity contribution in [3.8, 4) is 34.3 Å². The maximum Gasteiger partial charge on any atom is 0.274 e. The number of aryl methyl sites for hydroxylation is 1. The quantitative estimate of drug-likeness (QED) is 0.130. The van der Waals surface area contributed by atoms with E-state index in [2.05, 4.69) is 36.1 Å². The normalized spacial score (nSPS) is 11.0. The van der Waals surface area contributed by atoms with Gasteiger partial charge in [0.1, 0.15) is 28.7 Å². The van der Waals surface area contributed by atoms with E-state index < -0.39 is 0 Å². The van der Waals surface area contributed by atoms with Crippen LogP contribution in [-0.4, -0.2) is 53.4 Å². The highest BCUT2D eigenvalue weighted by atomic mass is 35.5. The standard InChI is InChI=1S/C34H41ClN4O4/c1-5-8-21-42-33-23-29(41-22-9-20-39(6-2)7-3)18-19-30(33)36-34(40)32-24-31(37-38(32)4)25-10-14-27(15-11-25)43-28-16-12-26(35)13-17-28/h10-19,23-24H,5-9,20-22H2,1-4H3,(H,36,40). The summed E-state index contributed by atoms with van der Waals surface area (Å²) in [5, 5.41) is 8.24. The van der Waals surface area contributed by atoms with Crippen molar-refractivity contribution in [3.05, 3.63) is 83.5 Å². The molecule has 0 aliphatic carbocycles. The Labute approximate surface area is 259 Å². The molecular weight excluding hydrogens is 564 g/mol. The molecule has 1 aromatic heterocycles. The second kappa shape index (κ2) is 16.0. The van der Waals surface area contributed by atoms with E-state index >= 15 is 0 Å². The van der Waals surface area contributed by atoms with Crippen LogP contribution in [0.5, 0.6) is 23.0 Å². The van der Waals surface area contributed by atoms with Crippen LogP contribution in [0.4, 0.5) is 5.69 Å². The van der Waals surface area contributed by atoms with Gasteiger partial charge in [-0.2, -0.15) is 5.10 Å². The van der Waals surface area contributed by atoms with E-state index in [1.54, 1.807) is 29.9 Å². The Morgan fingerprint density at radius 3 is 2.19 bits per heavy atom. The average molecular weight is 605 g/mol. The third kappa shape index (κ3) is 9.24. The average Bonchev–Trinajstić information content (AvgIpc) is 3.41. The summed E-state index contributed by atoms with van der Waals surface area (Å²) in [7, 11) is 1.75. The van der Waals surface area contributed by atoms with E-state index in [-0.39, 0.29) is 5.91 Å². The molecule has 43 heavy (non-hydrogen) atoms. The Kier molecular flexibility index (Phi) is 11.9. The van der Waals surface area contributed by atoms with Crippen LogP contribution >= 0.6 is 11.6 Å². The molecule has 3 aromatic carbocycles. The fourth-order valence-electron chi connectivity index (χ4n) is 4.50. The zero-order chi connectivity index (χ0) is 30.6. The van der Waals surface area contributed by atoms with Crippen LogP contribution in [0.1, 0.15) is 50.5 Å². The molecule has 0 radical (unpaired) electrons. The molecule has 0 spiro atoms. The largest absolute Gasteiger partial charge is 0.493 e. The van der Waals surface area contributed by atoms with Gasteiger partial charge in [-0.1, -0.05) is 38.8 Å². The second-order valence-corrected chi connectivity index (χ2v) is 10.6. The van der Waals surface area contributed by atoms with Crippen molar-refractivity contribution in [1.29, 1.82) is 0 Å². The van der Waals surface area contributed by atoms with Gasteiger partial charge in [-0.05, 0) is 92.7 Å². The smallest absolute Gasteiger partial charge is 0.274 e. The van der Waals surface area contributed by atoms with E-state index in [0.717, 1.165) is 50.2 Å². The molecule has 4 rings (SSSR count). The van der Waals surface area contributed by atoms with Crippen LogP contribution in [0, 0.1) is 0 Å². The van der Waals surface area contributed by atoms with Gasteiger partial charge in [-0.25, -0.2) is 0 Å². The molecule has 1 amide bonds. The molecule has 1 heterocycles. The maximum atomic E-state index is 13.4. The number of aromatic nitrogens is 2. The topological polar surface area (TPSA) is 77.8 Å². The molecule has 9 heteroatoms. The molecule has 0 saturated carbocycles. The first-order chi connectivity index (χ1) is 20.9. The van der Waals surface area contributed by atoms with Crippen LogP contribution in [0.3, 0.4) is 0 Å². The number of hydrogen-bond acceptors (Lipinski definition) is 6. The number of anilines is 1. The first-order valence-electron chi connectivity index (χ1n) is 14.9. The molecule has 0 fully saturated rings. The second-order valence-electron chi connectivity index (χ2n) is 10.2. The van der Waals surface area contributed by atoms with Crippen molar-refractivity contribution in [2.75, 3.05) is 38.2 Å². The summed E-state index contributed by atoms with van der Waals surface area (Å²) in [5.74, 6) is 2.41. The Hall–Kier alpha value is -4.01. The minimum atomic E-state index is -0.280. The van der Waals surface area contributed by atoms with Gasteiger partial charge in [0.05, 0.1) is 24.6 Å². The van der Waals surface area contributed by atoms with Crippen molar-refractivity contribution >= 4 is 23.2 Å². The summed E-state index contributed by atoms with van der Waals surface area (Å²) in [5.41, 5.74) is 2.55. The Morgan fingerprint density at radius 2 is 1.51 bits per heavy atom. The van der Waals surface area contributed by atoms with E-state index in [1.165, 1.54) is 0 Å². The van der Waals surface area contributed by atoms with Gasteiger partial charge in [0.15, 0.2) is 0 Å². The van der Waals surface area contributed by atoms with Gasteiger partial charge in [-0.3, -0.25) is 9.48 Å². The first-order valence-corrected chi connectivity index (χ1v) is 15.3. The van der Waals surface area contributed by atoms with Gasteiger partial charge in [0, 0.05) is 30.2 Å². The zero-order valence-corrected chi connectivity index (χ0v) is 26.2. The number of benzene rings is 3. The molecule has 4 aromatic rings. The van der Waals surface area contributed by atoms with E-state index in [4.69, 9.17) is 25.8 Å². The van der Waals surface area contributed by atoms with Crippen molar-refractivity contribution in [3.63, 3.8) is 0 Å². The summed E-state index contributed by atoms with van der Waals surface area (Å²) < 4.78 is 19.5. The van der Waals surface area contributed by atoms with E-state index in [9.17, 15) is 4.79 Å². The zero-order valence-electron chi connectivity index (χ0n) is 25.4. The number of halogens is 1. The lowest BCUT2D eigenvalue weighted by molar-refractivity contribution is 0.101. The predicted octanol–water partition coefficient (Wildman–Crippen LogP) is 8.07. The third-order valence-electron chi connectivity index (χ3n) is 7.05. The summed E-state index contributed by atoms with van der Waals surface area (Å²) in [6.07, 6.45) is 2.86. The van der Waals surface area contributed by atoms with Crippen molar-refractivity contribution in [2.24, 2.45) is 7.05 Å². The molecule has 0 aliphatic heterocycles. The number of rotatable bonds is 16. The van der Waals surface area contributed by atoms with Gasteiger partial charge < -0.3 is 24.4 Å². The van der Waals surface area contributed by atoms with Gasteiger partial charge in [-0.15, -0.1) is 0 Å². The fourth-order valence-corrected chi connectivity index (χ4v) is 4.63. The molecule has 1 N–H and O–H groups in total. The number of amides is 1. The molecule has 8 nitrogen and oxygen atoms in total. The summed E-state index contributed by atoms with van der Waals surface area (Å²) >= 11 is 5.96. The number of carbonyl (C=O) groups excluding carboxylic acids is 1. The van der Waals surface area contributed by atoms with Crippen molar-refractivity contribution in [2.45, 2.75) is 40.0 Å². The number of nitrogens with zero attached hydrogens (tertiary/aromatic N) is 3. The van der Waals surface area contributed by atoms with Crippen LogP contribution in [-0.2, 0) is 7.05 Å². The number of hydrogen-bond donors (Lipinski definition) is 1. The molecule has 0 bridgehead atoms. The fraction of sp³-hybridized carbons (Fsp3) is 0.353. The first kappa shape index (κ1) is 31.9. The molecule has 228 valence electrons. The van der Waals surface area contributed by atoms with Gasteiger partial charge in [0.2, 0.25) is 0 Å². The molecule has 0 atom stereocenters. The minimum Gasteiger partial charge on any atom is -0.493 e. The lowest BCUT2D eigenvalue weighted by atomic mass is 10.1. The lowest BCUT2D eigenvalue weighted by Gasteiger charge is -2.18. The highest BCUT2D eigenvalue weighted by molar-refractivity contribution is 6.30. The Morgan fingerprint density at radius 1 is 0.860 bits per heavy atom. The molecule has 0 saturated heterocycles. The van der Waals surface area contributed by atoms with Crippen molar-refractivity contribution < 1.29 is 19.0 Å². The third-order valence-corrected chi connectivity index (χ3v) is 7.30. The molecule has 0 aliphatic rings. The summed E-state index contributed by atoms with van der Waals surface area (Å²) in [6.45, 7) is 10.7. The van der Waals surface area contributed by atoms with Crippen LogP contribution in [0.25, 0.3) is 11.3 Å². The van der Waals surface area contributed by atoms with Crippen LogP contribution in [0.15, 0.2) is 72.8 Å². The maximum absolute atomic E-state index is 13.4. The molecule has 0 unspecified atom stereocenters. The number of carbonyl (C=O) groups is 1. The van der Waals surface area contributed by atoms with Gasteiger partial charge in [0.25, 0.3) is 5.91 Å². The van der Waals surface area contributed by atoms with Crippen LogP contribution < -0.4 is 19.5 Å². The van der Waals surface area contributed by atoms with Gasteiger partial charge >= 0.3 is 0 Å². The minimum absolute atomic E-state index is 0.280. The lowest BCUT2D eigenvalue weighted by Crippen LogP contribution is -2.25. The highest BCUT2D eigenvalue weighted by Crippen LogP contribution is 2.31. The highest BCUT2D eigenvalue weighted by Gasteiger charge is 2.17. The summed E-state index contributed by atoms with van der Waals surface area (Å²) in [6, 6.07) is 22.1. The Bertz CT molecular complexity index is 1450. The van der Waals surface area contributed by atoms with Crippen LogP contribution in [0.2, 0.25) is 5.02 Å². The van der Waals surface area contributed by atoms with E-state index in [1.807, 2.05) is 54.6 Å². The monoisotopic (exact) mass is 604 g/mol. The molecular formula is C34H41ClN4O4. The van der Waals surface area contributed by atoms with E-state index in [0.29, 0.717) is 52.6 Å². The predicted molar refractivity (Wildman–Crippen MR) is 173 cm³/mol. The Balaban J connectivity index is 1.42. The summed E-state index contributed by atoms with van der Waals surface area (Å²) in [4.78, 5) is 15.7.